The lowest BCUT2D eigenvalue weighted by Crippen LogP contribution is -2.17. The minimum absolute atomic E-state index is 0.0584. The first kappa shape index (κ1) is 12.9. The molecular formula is C12H16F2O2. The number of aliphatic hydroxyl groups excluding tert-OH is 1. The third-order valence-corrected chi connectivity index (χ3v) is 2.17. The maximum absolute atomic E-state index is 12.8. The highest BCUT2D eigenvalue weighted by Gasteiger charge is 2.06. The summed E-state index contributed by atoms with van der Waals surface area (Å²) in [5, 5.41) is 9.47. The van der Waals surface area contributed by atoms with Gasteiger partial charge in [-0.3, -0.25) is 0 Å². The number of hydrogen-bond donors (Lipinski definition) is 1. The van der Waals surface area contributed by atoms with Crippen LogP contribution in [0.25, 0.3) is 0 Å². The lowest BCUT2D eigenvalue weighted by atomic mass is 10.2. The molecule has 2 nitrogen and oxygen atoms in total. The van der Waals surface area contributed by atoms with Crippen molar-refractivity contribution in [3.05, 3.63) is 29.8 Å². The summed E-state index contributed by atoms with van der Waals surface area (Å²) in [6.07, 6.45) is 1.94. The molecule has 0 saturated carbocycles. The Morgan fingerprint density at radius 2 is 1.88 bits per heavy atom. The lowest BCUT2D eigenvalue weighted by Gasteiger charge is -2.11. The zero-order valence-electron chi connectivity index (χ0n) is 9.25. The van der Waals surface area contributed by atoms with Crippen molar-refractivity contribution in [1.82, 2.24) is 0 Å². The largest absolute Gasteiger partial charge is 0.491 e. The Hall–Kier alpha value is -1.16. The molecule has 1 rings (SSSR count). The fourth-order valence-electron chi connectivity index (χ4n) is 1.33. The molecule has 0 aliphatic heterocycles. The third kappa shape index (κ3) is 4.57. The summed E-state index contributed by atoms with van der Waals surface area (Å²) >= 11 is 0. The molecule has 0 aliphatic rings. The average molecular weight is 230 g/mol. The number of unbranched alkanes of at least 4 members (excludes halogenated alkanes) is 1. The van der Waals surface area contributed by atoms with Crippen LogP contribution in [0.3, 0.4) is 0 Å². The molecule has 0 saturated heterocycles. The summed E-state index contributed by atoms with van der Waals surface area (Å²) in [6, 6.07) is 2.96. The molecule has 4 heteroatoms. The van der Waals surface area contributed by atoms with Crippen molar-refractivity contribution in [2.24, 2.45) is 0 Å². The predicted octanol–water partition coefficient (Wildman–Crippen LogP) is 2.89. The molecule has 0 bridgehead atoms. The first-order chi connectivity index (χ1) is 7.61. The van der Waals surface area contributed by atoms with Gasteiger partial charge < -0.3 is 9.84 Å². The highest BCUT2D eigenvalue weighted by Crippen LogP contribution is 2.15. The topological polar surface area (TPSA) is 29.5 Å². The van der Waals surface area contributed by atoms with E-state index in [1.807, 2.05) is 6.92 Å². The van der Waals surface area contributed by atoms with Crippen molar-refractivity contribution in [3.63, 3.8) is 0 Å². The monoisotopic (exact) mass is 230 g/mol. The fourth-order valence-corrected chi connectivity index (χ4v) is 1.33. The number of ether oxygens (including phenoxy) is 1. The second-order valence-electron chi connectivity index (χ2n) is 3.71. The van der Waals surface area contributed by atoms with Gasteiger partial charge in [0.05, 0.1) is 6.10 Å². The minimum Gasteiger partial charge on any atom is -0.491 e. The van der Waals surface area contributed by atoms with Crippen molar-refractivity contribution in [3.8, 4) is 5.75 Å². The zero-order valence-corrected chi connectivity index (χ0v) is 9.25. The van der Waals surface area contributed by atoms with E-state index in [0.29, 0.717) is 6.42 Å². The highest BCUT2D eigenvalue weighted by molar-refractivity contribution is 5.23. The average Bonchev–Trinajstić information content (AvgIpc) is 2.22. The summed E-state index contributed by atoms with van der Waals surface area (Å²) in [4.78, 5) is 0. The number of benzene rings is 1. The molecule has 0 heterocycles. The maximum Gasteiger partial charge on any atom is 0.129 e. The zero-order chi connectivity index (χ0) is 12.0. The number of rotatable bonds is 6. The molecule has 16 heavy (non-hydrogen) atoms. The van der Waals surface area contributed by atoms with Crippen LogP contribution in [0.1, 0.15) is 26.2 Å². The van der Waals surface area contributed by atoms with Gasteiger partial charge in [-0.2, -0.15) is 0 Å². The summed E-state index contributed by atoms with van der Waals surface area (Å²) in [6.45, 7) is 2.08. The van der Waals surface area contributed by atoms with Gasteiger partial charge in [-0.1, -0.05) is 19.8 Å². The van der Waals surface area contributed by atoms with E-state index in [2.05, 4.69) is 0 Å². The first-order valence-electron chi connectivity index (χ1n) is 5.38. The van der Waals surface area contributed by atoms with Gasteiger partial charge in [0.1, 0.15) is 24.0 Å². The summed E-state index contributed by atoms with van der Waals surface area (Å²) in [7, 11) is 0. The predicted molar refractivity (Wildman–Crippen MR) is 57.4 cm³/mol. The molecule has 1 unspecified atom stereocenters. The van der Waals surface area contributed by atoms with Crippen molar-refractivity contribution in [1.29, 1.82) is 0 Å². The van der Waals surface area contributed by atoms with Crippen LogP contribution < -0.4 is 4.74 Å². The van der Waals surface area contributed by atoms with Crippen LogP contribution in [0.2, 0.25) is 0 Å². The standard InChI is InChI=1S/C12H16F2O2/c1-2-3-4-11(15)8-16-12-6-9(13)5-10(14)7-12/h5-7,11,15H,2-4,8H2,1H3. The van der Waals surface area contributed by atoms with E-state index in [4.69, 9.17) is 4.74 Å². The Balaban J connectivity index is 2.41. The number of halogens is 2. The Labute approximate surface area is 93.9 Å². The van der Waals surface area contributed by atoms with E-state index >= 15 is 0 Å². The molecule has 1 atom stereocenters. The second-order valence-corrected chi connectivity index (χ2v) is 3.71. The van der Waals surface area contributed by atoms with Crippen molar-refractivity contribution in [2.45, 2.75) is 32.3 Å². The normalized spacial score (nSPS) is 12.5. The highest BCUT2D eigenvalue weighted by atomic mass is 19.1. The van der Waals surface area contributed by atoms with Gasteiger partial charge in [0.15, 0.2) is 0 Å². The molecule has 1 aromatic rings. The Morgan fingerprint density at radius 1 is 1.25 bits per heavy atom. The van der Waals surface area contributed by atoms with Crippen molar-refractivity contribution >= 4 is 0 Å². The van der Waals surface area contributed by atoms with Crippen LogP contribution in [0.5, 0.6) is 5.75 Å². The smallest absolute Gasteiger partial charge is 0.129 e. The van der Waals surface area contributed by atoms with E-state index in [9.17, 15) is 13.9 Å². The summed E-state index contributed by atoms with van der Waals surface area (Å²) in [5.74, 6) is -1.26. The lowest BCUT2D eigenvalue weighted by molar-refractivity contribution is 0.0976. The molecule has 0 spiro atoms. The Kier molecular flexibility index (Phi) is 5.19. The molecule has 0 aliphatic carbocycles. The second kappa shape index (κ2) is 6.43. The van der Waals surface area contributed by atoms with Crippen molar-refractivity contribution < 1.29 is 18.6 Å². The van der Waals surface area contributed by atoms with Crippen LogP contribution in [0.15, 0.2) is 18.2 Å². The maximum atomic E-state index is 12.8. The van der Waals surface area contributed by atoms with E-state index in [1.165, 1.54) is 0 Å². The molecule has 0 fully saturated rings. The van der Waals surface area contributed by atoms with Gasteiger partial charge in [0, 0.05) is 18.2 Å². The SMILES string of the molecule is CCCCC(O)COc1cc(F)cc(F)c1. The molecule has 0 radical (unpaired) electrons. The third-order valence-electron chi connectivity index (χ3n) is 2.17. The summed E-state index contributed by atoms with van der Waals surface area (Å²) < 4.78 is 30.6. The molecule has 90 valence electrons. The van der Waals surface area contributed by atoms with E-state index < -0.39 is 17.7 Å². The molecule has 1 aromatic carbocycles. The van der Waals surface area contributed by atoms with Gasteiger partial charge >= 0.3 is 0 Å². The Morgan fingerprint density at radius 3 is 2.44 bits per heavy atom. The van der Waals surface area contributed by atoms with Gasteiger partial charge in [0.2, 0.25) is 0 Å². The van der Waals surface area contributed by atoms with E-state index in [-0.39, 0.29) is 12.4 Å². The van der Waals surface area contributed by atoms with Gasteiger partial charge in [0.25, 0.3) is 0 Å². The molecule has 1 N–H and O–H groups in total. The van der Waals surface area contributed by atoms with Gasteiger partial charge in [-0.25, -0.2) is 8.78 Å². The number of hydrogen-bond acceptors (Lipinski definition) is 2. The van der Waals surface area contributed by atoms with Gasteiger partial charge in [-0.15, -0.1) is 0 Å². The van der Waals surface area contributed by atoms with Crippen LogP contribution in [0.4, 0.5) is 8.78 Å². The van der Waals surface area contributed by atoms with Gasteiger partial charge in [-0.05, 0) is 6.42 Å². The molecule has 0 amide bonds. The Bertz CT molecular complexity index is 309. The molecular weight excluding hydrogens is 214 g/mol. The van der Waals surface area contributed by atoms with Crippen LogP contribution in [-0.2, 0) is 0 Å². The van der Waals surface area contributed by atoms with Crippen LogP contribution in [0, 0.1) is 11.6 Å². The van der Waals surface area contributed by atoms with Crippen LogP contribution >= 0.6 is 0 Å². The van der Waals surface area contributed by atoms with Crippen LogP contribution in [-0.4, -0.2) is 17.8 Å². The molecule has 0 aromatic heterocycles. The number of aliphatic hydroxyl groups is 1. The van der Waals surface area contributed by atoms with E-state index in [1.54, 1.807) is 0 Å². The van der Waals surface area contributed by atoms with Crippen molar-refractivity contribution in [2.75, 3.05) is 6.61 Å². The summed E-state index contributed by atoms with van der Waals surface area (Å²) in [5.41, 5.74) is 0. The minimum atomic E-state index is -0.682. The quantitative estimate of drug-likeness (QED) is 0.814. The fraction of sp³-hybridized carbons (Fsp3) is 0.500. The van der Waals surface area contributed by atoms with E-state index in [0.717, 1.165) is 31.0 Å². The first-order valence-corrected chi connectivity index (χ1v) is 5.38.